The molecule has 2 amide bonds. The Bertz CT molecular complexity index is 1270. The maximum Gasteiger partial charge on any atom is 0.337 e. The van der Waals surface area contributed by atoms with Crippen molar-refractivity contribution in [1.82, 2.24) is 10.6 Å². The molecule has 2 aromatic carbocycles. The van der Waals surface area contributed by atoms with Gasteiger partial charge in [-0.1, -0.05) is 35.3 Å². The number of para-hydroxylation sites is 1. The number of amides is 2. The number of rotatable bonds is 14. The summed E-state index contributed by atoms with van der Waals surface area (Å²) >= 11 is 12.3. The zero-order chi connectivity index (χ0) is 27.5. The second kappa shape index (κ2) is 14.5. The summed E-state index contributed by atoms with van der Waals surface area (Å²) < 4.78 is 11.1. The smallest absolute Gasteiger partial charge is 0.337 e. The van der Waals surface area contributed by atoms with Gasteiger partial charge in [0, 0.05) is 23.7 Å². The summed E-state index contributed by atoms with van der Waals surface area (Å²) in [4.78, 5) is 37.2. The molecule has 0 saturated heterocycles. The minimum absolute atomic E-state index is 0.0739. The molecule has 0 aliphatic heterocycles. The number of anilines is 1. The van der Waals surface area contributed by atoms with E-state index in [0.29, 0.717) is 40.3 Å². The molecule has 10 nitrogen and oxygen atoms in total. The van der Waals surface area contributed by atoms with Crippen LogP contribution >= 0.6 is 23.2 Å². The minimum atomic E-state index is -1.19. The van der Waals surface area contributed by atoms with Crippen molar-refractivity contribution < 1.29 is 28.6 Å². The monoisotopic (exact) mass is 562 g/mol. The van der Waals surface area contributed by atoms with E-state index >= 15 is 0 Å². The van der Waals surface area contributed by atoms with Crippen molar-refractivity contribution in [1.29, 1.82) is 0 Å². The number of carbonyl (C=O) groups is 3. The standard InChI is InChI=1S/C26H28Cl2N4O6/c27-16-5-7-20(28)19(13-16)23-8-6-17(38-23)15-31-22(14-24(33)30-10-12-37-11-9-29)25(34)32-21-4-2-1-3-18(21)26(35)36/h1-8,13,22,31H,9-12,14-15,29H2,(H,30,33)(H,32,34)(H,35,36). The quantitative estimate of drug-likeness (QED) is 0.187. The summed E-state index contributed by atoms with van der Waals surface area (Å²) in [5.41, 5.74) is 6.02. The second-order valence-electron chi connectivity index (χ2n) is 8.12. The van der Waals surface area contributed by atoms with Gasteiger partial charge in [-0.2, -0.15) is 0 Å². The van der Waals surface area contributed by atoms with Crippen molar-refractivity contribution in [3.8, 4) is 11.3 Å². The predicted molar refractivity (Wildman–Crippen MR) is 144 cm³/mol. The van der Waals surface area contributed by atoms with Crippen LogP contribution in [0.5, 0.6) is 0 Å². The molecule has 38 heavy (non-hydrogen) atoms. The molecule has 202 valence electrons. The van der Waals surface area contributed by atoms with Crippen LogP contribution in [0.25, 0.3) is 11.3 Å². The molecule has 0 radical (unpaired) electrons. The number of benzene rings is 2. The number of ether oxygens (including phenoxy) is 1. The van der Waals surface area contributed by atoms with Gasteiger partial charge >= 0.3 is 5.97 Å². The molecule has 6 N–H and O–H groups in total. The lowest BCUT2D eigenvalue weighted by molar-refractivity contribution is -0.126. The highest BCUT2D eigenvalue weighted by atomic mass is 35.5. The predicted octanol–water partition coefficient (Wildman–Crippen LogP) is 3.53. The minimum Gasteiger partial charge on any atom is -0.478 e. The molecule has 0 fully saturated rings. The summed E-state index contributed by atoms with van der Waals surface area (Å²) in [5.74, 6) is -1.20. The Morgan fingerprint density at radius 2 is 1.84 bits per heavy atom. The number of hydrogen-bond donors (Lipinski definition) is 5. The van der Waals surface area contributed by atoms with E-state index in [1.54, 1.807) is 42.5 Å². The van der Waals surface area contributed by atoms with E-state index in [4.69, 9.17) is 38.1 Å². The molecule has 3 aromatic rings. The van der Waals surface area contributed by atoms with Gasteiger partial charge in [0.15, 0.2) is 0 Å². The van der Waals surface area contributed by atoms with Gasteiger partial charge in [0.2, 0.25) is 11.8 Å². The number of carboxylic acids is 1. The Balaban J connectivity index is 1.70. The Morgan fingerprint density at radius 3 is 2.61 bits per heavy atom. The van der Waals surface area contributed by atoms with Crippen LogP contribution in [0, 0.1) is 0 Å². The van der Waals surface area contributed by atoms with E-state index in [1.165, 1.54) is 12.1 Å². The summed E-state index contributed by atoms with van der Waals surface area (Å²) in [5, 5.41) is 18.7. The van der Waals surface area contributed by atoms with Crippen molar-refractivity contribution in [2.24, 2.45) is 5.73 Å². The van der Waals surface area contributed by atoms with Crippen molar-refractivity contribution in [2.75, 3.05) is 31.6 Å². The van der Waals surface area contributed by atoms with Crippen molar-refractivity contribution in [3.05, 3.63) is 76.0 Å². The largest absolute Gasteiger partial charge is 0.478 e. The average molecular weight is 563 g/mol. The van der Waals surface area contributed by atoms with Gasteiger partial charge in [0.25, 0.3) is 0 Å². The molecule has 0 spiro atoms. The molecular formula is C26H28Cl2N4O6. The number of nitrogens with one attached hydrogen (secondary N) is 3. The molecule has 0 bridgehead atoms. The molecular weight excluding hydrogens is 535 g/mol. The van der Waals surface area contributed by atoms with Crippen LogP contribution in [0.1, 0.15) is 22.5 Å². The molecule has 1 aromatic heterocycles. The van der Waals surface area contributed by atoms with Crippen LogP contribution in [-0.4, -0.2) is 55.2 Å². The molecule has 3 rings (SSSR count). The first kappa shape index (κ1) is 29.2. The zero-order valence-electron chi connectivity index (χ0n) is 20.3. The molecule has 1 heterocycles. The summed E-state index contributed by atoms with van der Waals surface area (Å²) in [6, 6.07) is 13.4. The lowest BCUT2D eigenvalue weighted by Crippen LogP contribution is -2.44. The number of halogens is 2. The first-order valence-electron chi connectivity index (χ1n) is 11.7. The van der Waals surface area contributed by atoms with Gasteiger partial charge in [0.1, 0.15) is 11.5 Å². The Morgan fingerprint density at radius 1 is 1.05 bits per heavy atom. The van der Waals surface area contributed by atoms with E-state index in [0.717, 1.165) is 0 Å². The van der Waals surface area contributed by atoms with Crippen LogP contribution in [0.4, 0.5) is 5.69 Å². The van der Waals surface area contributed by atoms with Crippen LogP contribution in [0.2, 0.25) is 10.0 Å². The van der Waals surface area contributed by atoms with E-state index in [-0.39, 0.29) is 37.4 Å². The first-order chi connectivity index (χ1) is 18.3. The fraction of sp³-hybridized carbons (Fsp3) is 0.269. The maximum absolute atomic E-state index is 13.1. The van der Waals surface area contributed by atoms with E-state index in [1.807, 2.05) is 0 Å². The Kier molecular flexibility index (Phi) is 11.1. The summed E-state index contributed by atoms with van der Waals surface area (Å²) in [6.45, 7) is 1.37. The van der Waals surface area contributed by atoms with Crippen LogP contribution in [0.3, 0.4) is 0 Å². The van der Waals surface area contributed by atoms with E-state index in [9.17, 15) is 19.5 Å². The van der Waals surface area contributed by atoms with Gasteiger partial charge < -0.3 is 30.6 Å². The molecule has 1 atom stereocenters. The number of hydrogen-bond acceptors (Lipinski definition) is 7. The molecule has 1 unspecified atom stereocenters. The second-order valence-corrected chi connectivity index (χ2v) is 8.96. The number of aromatic carboxylic acids is 1. The van der Waals surface area contributed by atoms with Gasteiger partial charge in [-0.05, 0) is 42.5 Å². The third-order valence-corrected chi connectivity index (χ3v) is 5.90. The number of carboxylic acid groups (broad SMARTS) is 1. The maximum atomic E-state index is 13.1. The Labute approximate surface area is 229 Å². The topological polar surface area (TPSA) is 156 Å². The van der Waals surface area contributed by atoms with Crippen LogP contribution in [-0.2, 0) is 20.9 Å². The fourth-order valence-electron chi connectivity index (χ4n) is 3.49. The van der Waals surface area contributed by atoms with Crippen LogP contribution < -0.4 is 21.7 Å². The van der Waals surface area contributed by atoms with E-state index in [2.05, 4.69) is 16.0 Å². The highest BCUT2D eigenvalue weighted by Crippen LogP contribution is 2.31. The lowest BCUT2D eigenvalue weighted by atomic mass is 10.1. The third-order valence-electron chi connectivity index (χ3n) is 5.33. The number of carbonyl (C=O) groups excluding carboxylic acids is 2. The highest BCUT2D eigenvalue weighted by molar-refractivity contribution is 6.35. The summed E-state index contributed by atoms with van der Waals surface area (Å²) in [7, 11) is 0. The van der Waals surface area contributed by atoms with Gasteiger partial charge in [-0.15, -0.1) is 0 Å². The first-order valence-corrected chi connectivity index (χ1v) is 12.5. The number of furan rings is 1. The molecule has 12 heteroatoms. The van der Waals surface area contributed by atoms with Crippen molar-refractivity contribution in [3.63, 3.8) is 0 Å². The van der Waals surface area contributed by atoms with Crippen molar-refractivity contribution >= 4 is 46.7 Å². The van der Waals surface area contributed by atoms with Gasteiger partial charge in [-0.3, -0.25) is 14.9 Å². The lowest BCUT2D eigenvalue weighted by Gasteiger charge is -2.18. The number of nitrogens with two attached hydrogens (primary N) is 1. The Hall–Kier alpha value is -3.41. The SMILES string of the molecule is NCCOCCNC(=O)CC(NCc1ccc(-c2cc(Cl)ccc2Cl)o1)C(=O)Nc1ccccc1C(=O)O. The third kappa shape index (κ3) is 8.57. The van der Waals surface area contributed by atoms with E-state index < -0.39 is 23.8 Å². The average Bonchev–Trinajstić information content (AvgIpc) is 3.36. The molecule has 0 aliphatic carbocycles. The summed E-state index contributed by atoms with van der Waals surface area (Å²) in [6.07, 6.45) is -0.217. The normalized spacial score (nSPS) is 11.7. The molecule has 0 saturated carbocycles. The van der Waals surface area contributed by atoms with Crippen LogP contribution in [0.15, 0.2) is 59.0 Å². The zero-order valence-corrected chi connectivity index (χ0v) is 21.8. The van der Waals surface area contributed by atoms with Gasteiger partial charge in [-0.25, -0.2) is 4.79 Å². The van der Waals surface area contributed by atoms with Crippen molar-refractivity contribution in [2.45, 2.75) is 19.0 Å². The van der Waals surface area contributed by atoms with Gasteiger partial charge in [0.05, 0.1) is 48.5 Å². The molecule has 0 aliphatic rings. The highest BCUT2D eigenvalue weighted by Gasteiger charge is 2.24. The fourth-order valence-corrected chi connectivity index (χ4v) is 3.87.